The number of nitrogens with zero attached hydrogens (tertiary/aromatic N) is 4. The second-order valence-electron chi connectivity index (χ2n) is 4.17. The Bertz CT molecular complexity index is 704. The third kappa shape index (κ3) is 2.15. The van der Waals surface area contributed by atoms with E-state index in [4.69, 9.17) is 5.73 Å². The fourth-order valence-corrected chi connectivity index (χ4v) is 1.71. The quantitative estimate of drug-likeness (QED) is 0.678. The van der Waals surface area contributed by atoms with E-state index in [1.807, 2.05) is 25.1 Å². The van der Waals surface area contributed by atoms with Crippen LogP contribution in [-0.2, 0) is 0 Å². The Labute approximate surface area is 109 Å². The monoisotopic (exact) mass is 252 g/mol. The molecule has 0 unspecified atom stereocenters. The van der Waals surface area contributed by atoms with Gasteiger partial charge in [-0.1, -0.05) is 12.1 Å². The maximum atomic E-state index is 5.89. The predicted molar refractivity (Wildman–Crippen MR) is 72.0 cm³/mol. The number of nitrogen functional groups attached to an aromatic ring is 1. The van der Waals surface area contributed by atoms with E-state index in [9.17, 15) is 0 Å². The summed E-state index contributed by atoms with van der Waals surface area (Å²) in [6.45, 7) is 1.96. The highest BCUT2D eigenvalue weighted by molar-refractivity contribution is 5.64. The van der Waals surface area contributed by atoms with Crippen molar-refractivity contribution in [1.29, 1.82) is 0 Å². The molecular weight excluding hydrogens is 240 g/mol. The zero-order chi connectivity index (χ0) is 13.2. The zero-order valence-electron chi connectivity index (χ0n) is 10.3. The molecule has 3 aromatic rings. The Morgan fingerprint density at radius 1 is 1.21 bits per heavy atom. The van der Waals surface area contributed by atoms with E-state index in [-0.39, 0.29) is 0 Å². The summed E-state index contributed by atoms with van der Waals surface area (Å²) in [7, 11) is 0. The van der Waals surface area contributed by atoms with Crippen molar-refractivity contribution < 1.29 is 0 Å². The lowest BCUT2D eigenvalue weighted by Gasteiger charge is -2.01. The van der Waals surface area contributed by atoms with Gasteiger partial charge in [-0.3, -0.25) is 10.1 Å². The zero-order valence-corrected chi connectivity index (χ0v) is 10.3. The number of H-pyrrole nitrogens is 1. The van der Waals surface area contributed by atoms with E-state index in [1.54, 1.807) is 18.6 Å². The number of hydrogen-bond donors (Lipinski definition) is 2. The van der Waals surface area contributed by atoms with Gasteiger partial charge in [-0.15, -0.1) is 0 Å². The highest BCUT2D eigenvalue weighted by Crippen LogP contribution is 2.22. The summed E-state index contributed by atoms with van der Waals surface area (Å²) >= 11 is 0. The molecule has 0 aliphatic rings. The van der Waals surface area contributed by atoms with Gasteiger partial charge in [0.2, 0.25) is 0 Å². The highest BCUT2D eigenvalue weighted by Gasteiger charge is 2.09. The lowest BCUT2D eigenvalue weighted by Crippen LogP contribution is -1.90. The molecule has 0 aliphatic carbocycles. The molecule has 6 heteroatoms. The van der Waals surface area contributed by atoms with Crippen LogP contribution >= 0.6 is 0 Å². The molecule has 6 nitrogen and oxygen atoms in total. The van der Waals surface area contributed by atoms with Gasteiger partial charge >= 0.3 is 0 Å². The average Bonchev–Trinajstić information content (AvgIpc) is 2.93. The number of aromatic nitrogens is 5. The predicted octanol–water partition coefficient (Wildman–Crippen LogP) is 1.82. The van der Waals surface area contributed by atoms with E-state index in [0.717, 1.165) is 16.8 Å². The minimum absolute atomic E-state index is 0.585. The first-order valence-electron chi connectivity index (χ1n) is 5.79. The molecule has 0 spiro atoms. The summed E-state index contributed by atoms with van der Waals surface area (Å²) in [5, 5.41) is 7.02. The van der Waals surface area contributed by atoms with Crippen molar-refractivity contribution in [2.45, 2.75) is 6.92 Å². The molecule has 0 saturated heterocycles. The van der Waals surface area contributed by atoms with Crippen molar-refractivity contribution in [1.82, 2.24) is 25.1 Å². The smallest absolute Gasteiger partial charge is 0.181 e. The lowest BCUT2D eigenvalue weighted by molar-refractivity contribution is 1.08. The van der Waals surface area contributed by atoms with Gasteiger partial charge < -0.3 is 5.73 Å². The number of hydrogen-bond acceptors (Lipinski definition) is 5. The molecule has 0 bridgehead atoms. The third-order valence-electron chi connectivity index (χ3n) is 2.83. The van der Waals surface area contributed by atoms with E-state index in [0.29, 0.717) is 17.3 Å². The van der Waals surface area contributed by atoms with Gasteiger partial charge in [-0.25, -0.2) is 9.97 Å². The fraction of sp³-hybridized carbons (Fsp3) is 0.0769. The van der Waals surface area contributed by atoms with Crippen molar-refractivity contribution in [3.63, 3.8) is 0 Å². The number of benzene rings is 1. The van der Waals surface area contributed by atoms with E-state index in [2.05, 4.69) is 25.1 Å². The van der Waals surface area contributed by atoms with Crippen molar-refractivity contribution >= 4 is 5.69 Å². The van der Waals surface area contributed by atoms with Crippen LogP contribution in [-0.4, -0.2) is 25.1 Å². The van der Waals surface area contributed by atoms with Crippen molar-refractivity contribution in [3.05, 3.63) is 42.4 Å². The second kappa shape index (κ2) is 4.49. The topological polar surface area (TPSA) is 93.4 Å². The lowest BCUT2D eigenvalue weighted by atomic mass is 10.1. The highest BCUT2D eigenvalue weighted by atomic mass is 15.2. The van der Waals surface area contributed by atoms with Gasteiger partial charge in [0.15, 0.2) is 11.6 Å². The molecule has 2 aromatic heterocycles. The maximum Gasteiger partial charge on any atom is 0.181 e. The number of anilines is 1. The first-order valence-corrected chi connectivity index (χ1v) is 5.79. The van der Waals surface area contributed by atoms with E-state index >= 15 is 0 Å². The second-order valence-corrected chi connectivity index (χ2v) is 4.17. The van der Waals surface area contributed by atoms with E-state index in [1.165, 1.54) is 0 Å². The van der Waals surface area contributed by atoms with Crippen LogP contribution in [0.3, 0.4) is 0 Å². The first-order chi connectivity index (χ1) is 9.24. The molecule has 94 valence electrons. The minimum Gasteiger partial charge on any atom is -0.398 e. The van der Waals surface area contributed by atoms with Gasteiger partial charge in [0, 0.05) is 23.6 Å². The van der Waals surface area contributed by atoms with Crippen LogP contribution in [0.2, 0.25) is 0 Å². The van der Waals surface area contributed by atoms with Gasteiger partial charge in [-0.05, 0) is 18.6 Å². The molecular formula is C13H12N6. The molecule has 0 atom stereocenters. The standard InChI is InChI=1S/C13H12N6/c1-8-2-3-9(6-10(8)14)12-17-13(19-18-12)11-7-15-4-5-16-11/h2-7H,14H2,1H3,(H,17,18,19). The fourth-order valence-electron chi connectivity index (χ4n) is 1.71. The molecule has 0 amide bonds. The van der Waals surface area contributed by atoms with Crippen molar-refractivity contribution in [2.24, 2.45) is 0 Å². The maximum absolute atomic E-state index is 5.89. The number of aromatic amines is 1. The van der Waals surface area contributed by atoms with Crippen molar-refractivity contribution in [2.75, 3.05) is 5.73 Å². The van der Waals surface area contributed by atoms with Gasteiger partial charge in [0.25, 0.3) is 0 Å². The Morgan fingerprint density at radius 3 is 2.84 bits per heavy atom. The number of nitrogens with one attached hydrogen (secondary N) is 1. The summed E-state index contributed by atoms with van der Waals surface area (Å²) in [6.07, 6.45) is 4.86. The Kier molecular flexibility index (Phi) is 2.68. The molecule has 3 N–H and O–H groups in total. The molecule has 1 aromatic carbocycles. The van der Waals surface area contributed by atoms with Crippen LogP contribution in [0.1, 0.15) is 5.56 Å². The van der Waals surface area contributed by atoms with Crippen LogP contribution in [0.4, 0.5) is 5.69 Å². The molecule has 0 saturated carbocycles. The SMILES string of the molecule is Cc1ccc(-c2n[nH]c(-c3cnccn3)n2)cc1N. The number of aryl methyl sites for hydroxylation is 1. The van der Waals surface area contributed by atoms with Crippen LogP contribution in [0.15, 0.2) is 36.8 Å². The summed E-state index contributed by atoms with van der Waals surface area (Å²) in [5.74, 6) is 1.18. The van der Waals surface area contributed by atoms with Crippen LogP contribution in [0.25, 0.3) is 22.9 Å². The van der Waals surface area contributed by atoms with Gasteiger partial charge in [0.05, 0.1) is 6.20 Å². The molecule has 2 heterocycles. The number of nitrogens with two attached hydrogens (primary N) is 1. The molecule has 0 radical (unpaired) electrons. The molecule has 0 aliphatic heterocycles. The minimum atomic E-state index is 0.585. The Balaban J connectivity index is 1.99. The molecule has 19 heavy (non-hydrogen) atoms. The summed E-state index contributed by atoms with van der Waals surface area (Å²) < 4.78 is 0. The largest absolute Gasteiger partial charge is 0.398 e. The van der Waals surface area contributed by atoms with Crippen LogP contribution in [0, 0.1) is 6.92 Å². The van der Waals surface area contributed by atoms with Crippen molar-refractivity contribution in [3.8, 4) is 22.9 Å². The normalized spacial score (nSPS) is 10.6. The van der Waals surface area contributed by atoms with Crippen LogP contribution in [0.5, 0.6) is 0 Å². The summed E-state index contributed by atoms with van der Waals surface area (Å²) in [4.78, 5) is 12.6. The first kappa shape index (κ1) is 11.3. The Hall–Kier alpha value is -2.76. The molecule has 3 rings (SSSR count). The van der Waals surface area contributed by atoms with Gasteiger partial charge in [-0.2, -0.15) is 5.10 Å². The van der Waals surface area contributed by atoms with Gasteiger partial charge in [0.1, 0.15) is 5.69 Å². The summed E-state index contributed by atoms with van der Waals surface area (Å²) in [5.41, 5.74) is 9.17. The number of rotatable bonds is 2. The van der Waals surface area contributed by atoms with Crippen LogP contribution < -0.4 is 5.73 Å². The third-order valence-corrected chi connectivity index (χ3v) is 2.83. The average molecular weight is 252 g/mol. The molecule has 0 fully saturated rings. The van der Waals surface area contributed by atoms with E-state index < -0.39 is 0 Å². The Morgan fingerprint density at radius 2 is 2.11 bits per heavy atom. The summed E-state index contributed by atoms with van der Waals surface area (Å²) in [6, 6.07) is 5.75.